The number of hydrogen-bond acceptors (Lipinski definition) is 8. The lowest BCUT2D eigenvalue weighted by atomic mass is 10.0. The van der Waals surface area contributed by atoms with Gasteiger partial charge in [-0.15, -0.1) is 24.8 Å². The Morgan fingerprint density at radius 3 is 2.28 bits per heavy atom. The number of nitrogens with one attached hydrogen (secondary N) is 3. The van der Waals surface area contributed by atoms with Crippen molar-refractivity contribution < 1.29 is 20.1 Å². The van der Waals surface area contributed by atoms with E-state index in [1.807, 2.05) is 24.3 Å². The fraction of sp³-hybridized carbons (Fsp3) is 0.321. The van der Waals surface area contributed by atoms with E-state index in [1.54, 1.807) is 7.11 Å². The molecule has 0 saturated heterocycles. The molecule has 8 nitrogen and oxygen atoms in total. The topological polar surface area (TPSA) is 127 Å². The molecule has 1 aromatic heterocycles. The zero-order valence-corrected chi connectivity index (χ0v) is 24.1. The van der Waals surface area contributed by atoms with Crippen LogP contribution in [0.25, 0.3) is 10.2 Å². The third-order valence-electron chi connectivity index (χ3n) is 6.30. The first-order chi connectivity index (χ1) is 17.9. The lowest BCUT2D eigenvalue weighted by molar-refractivity contribution is -0.164. The van der Waals surface area contributed by atoms with Crippen molar-refractivity contribution in [2.75, 3.05) is 33.3 Å². The second-order valence-corrected chi connectivity index (χ2v) is 9.96. The van der Waals surface area contributed by atoms with Gasteiger partial charge in [-0.2, -0.15) is 0 Å². The smallest absolute Gasteiger partial charge is 0.305 e. The number of rotatable bonds is 13. The molecule has 0 spiro atoms. The Labute approximate surface area is 243 Å². The van der Waals surface area contributed by atoms with Gasteiger partial charge in [0, 0.05) is 5.56 Å². The number of aromatic nitrogens is 1. The number of phenols is 1. The molecule has 0 bridgehead atoms. The highest BCUT2D eigenvalue weighted by atomic mass is 35.5. The number of methoxy groups -OCH3 is 1. The number of benzene rings is 3. The summed E-state index contributed by atoms with van der Waals surface area (Å²) in [6, 6.07) is 19.2. The van der Waals surface area contributed by atoms with Crippen LogP contribution < -0.4 is 20.2 Å². The molecule has 212 valence electrons. The highest BCUT2D eigenvalue weighted by Gasteiger charge is 2.29. The van der Waals surface area contributed by atoms with Gasteiger partial charge < -0.3 is 35.7 Å². The van der Waals surface area contributed by atoms with Crippen LogP contribution in [-0.4, -0.2) is 53.6 Å². The molecule has 0 saturated carbocycles. The van der Waals surface area contributed by atoms with Gasteiger partial charge in [0.25, 0.3) is 0 Å². The molecule has 3 aromatic carbocycles. The summed E-state index contributed by atoms with van der Waals surface area (Å²) < 4.78 is 5.74. The van der Waals surface area contributed by atoms with Crippen molar-refractivity contribution in [2.45, 2.75) is 25.0 Å². The summed E-state index contributed by atoms with van der Waals surface area (Å²) in [4.78, 5) is 13.9. The maximum Gasteiger partial charge on any atom is 0.305 e. The van der Waals surface area contributed by atoms with Crippen LogP contribution in [0, 0.1) is 0 Å². The van der Waals surface area contributed by atoms with Crippen LogP contribution >= 0.6 is 36.2 Å². The second kappa shape index (κ2) is 15.2. The number of H-pyrrole nitrogens is 1. The van der Waals surface area contributed by atoms with Crippen LogP contribution in [0.15, 0.2) is 65.5 Å². The van der Waals surface area contributed by atoms with E-state index in [0.717, 1.165) is 55.0 Å². The molecule has 1 heterocycles. The summed E-state index contributed by atoms with van der Waals surface area (Å²) in [5, 5.41) is 37.8. The second-order valence-electron chi connectivity index (χ2n) is 8.98. The zero-order chi connectivity index (χ0) is 26.3. The summed E-state index contributed by atoms with van der Waals surface area (Å²) in [5.41, 5.74) is 3.99. The van der Waals surface area contributed by atoms with Crippen LogP contribution in [0.3, 0.4) is 0 Å². The molecule has 39 heavy (non-hydrogen) atoms. The van der Waals surface area contributed by atoms with Crippen molar-refractivity contribution in [3.8, 4) is 11.5 Å². The fourth-order valence-electron chi connectivity index (χ4n) is 4.36. The number of thiazole rings is 1. The molecular formula is C28H35Cl2N3O5S. The van der Waals surface area contributed by atoms with E-state index in [0.29, 0.717) is 11.2 Å². The van der Waals surface area contributed by atoms with Crippen molar-refractivity contribution in [2.24, 2.45) is 0 Å². The minimum Gasteiger partial charge on any atom is -0.506 e. The molecule has 0 fully saturated rings. The van der Waals surface area contributed by atoms with Gasteiger partial charge in [0.05, 0.1) is 18.4 Å². The summed E-state index contributed by atoms with van der Waals surface area (Å²) in [6.07, 6.45) is 2.55. The van der Waals surface area contributed by atoms with Crippen molar-refractivity contribution in [3.63, 3.8) is 0 Å². The Balaban J connectivity index is 0.00000267. The molecule has 4 aromatic rings. The largest absolute Gasteiger partial charge is 0.506 e. The first kappa shape index (κ1) is 32.6. The molecule has 6 N–H and O–H groups in total. The maximum absolute atomic E-state index is 11.7. The summed E-state index contributed by atoms with van der Waals surface area (Å²) in [5.74, 6) is -1.37. The van der Waals surface area contributed by atoms with Crippen LogP contribution in [-0.2, 0) is 25.0 Å². The average molecular weight is 597 g/mol. The third kappa shape index (κ3) is 8.68. The van der Waals surface area contributed by atoms with E-state index in [2.05, 4.69) is 39.9 Å². The SMILES string of the molecule is COc1ccccc1CCNCCc1cccc(CCNCC(O)(O)c2ccc(O)c3[nH]c(=O)sc23)c1.Cl.Cl. The average Bonchev–Trinajstić information content (AvgIpc) is 3.29. The van der Waals surface area contributed by atoms with E-state index in [-0.39, 0.29) is 53.1 Å². The number of para-hydroxylation sites is 1. The van der Waals surface area contributed by atoms with E-state index >= 15 is 0 Å². The number of fused-ring (bicyclic) bond motifs is 1. The lowest BCUT2D eigenvalue weighted by Gasteiger charge is -2.23. The van der Waals surface area contributed by atoms with Gasteiger partial charge in [0.2, 0.25) is 5.79 Å². The molecule has 0 atom stereocenters. The highest BCUT2D eigenvalue weighted by molar-refractivity contribution is 7.16. The quantitative estimate of drug-likeness (QED) is 0.103. The minimum atomic E-state index is -2.19. The predicted octanol–water partition coefficient (Wildman–Crippen LogP) is 3.49. The van der Waals surface area contributed by atoms with Crippen molar-refractivity contribution in [3.05, 3.63) is 92.6 Å². The van der Waals surface area contributed by atoms with Gasteiger partial charge in [-0.25, -0.2) is 0 Å². The molecule has 11 heteroatoms. The molecule has 0 aliphatic rings. The van der Waals surface area contributed by atoms with E-state index < -0.39 is 5.79 Å². The number of hydrogen-bond donors (Lipinski definition) is 6. The van der Waals surface area contributed by atoms with Gasteiger partial charge in [0.15, 0.2) is 0 Å². The van der Waals surface area contributed by atoms with Crippen molar-refractivity contribution >= 4 is 46.4 Å². The monoisotopic (exact) mass is 595 g/mol. The van der Waals surface area contributed by atoms with Gasteiger partial charge >= 0.3 is 4.87 Å². The number of halogens is 2. The predicted molar refractivity (Wildman–Crippen MR) is 161 cm³/mol. The molecule has 0 aliphatic carbocycles. The number of phenolic OH excluding ortho intramolecular Hbond substituents is 1. The highest BCUT2D eigenvalue weighted by Crippen LogP contribution is 2.32. The Hall–Kier alpha value is -2.63. The number of aliphatic hydroxyl groups is 2. The summed E-state index contributed by atoms with van der Waals surface area (Å²) >= 11 is 0.838. The lowest BCUT2D eigenvalue weighted by Crippen LogP contribution is -2.38. The van der Waals surface area contributed by atoms with Crippen LogP contribution in [0.5, 0.6) is 11.5 Å². The first-order valence-corrected chi connectivity index (χ1v) is 13.1. The fourth-order valence-corrected chi connectivity index (χ4v) is 5.29. The van der Waals surface area contributed by atoms with Crippen LogP contribution in [0.1, 0.15) is 22.3 Å². The minimum absolute atomic E-state index is 0. The summed E-state index contributed by atoms with van der Waals surface area (Å²) in [6.45, 7) is 2.19. The standard InChI is InChI=1S/C28H33N3O5S.2ClH/c1-36-24-8-3-2-7-21(24)13-16-29-14-11-19-5-4-6-20(17-19)12-15-30-18-28(34,35)22-9-10-23(32)25-26(22)37-27(33)31-25;;/h2-10,17,29-30,32,34-35H,11-16,18H2,1H3,(H,31,33);2*1H. The van der Waals surface area contributed by atoms with E-state index in [4.69, 9.17) is 4.74 Å². The molecule has 0 aliphatic heterocycles. The molecule has 0 unspecified atom stereocenters. The normalized spacial score (nSPS) is 11.2. The molecule has 0 amide bonds. The molecule has 4 rings (SSSR count). The van der Waals surface area contributed by atoms with Gasteiger partial charge in [-0.3, -0.25) is 4.79 Å². The van der Waals surface area contributed by atoms with Crippen LogP contribution in [0.4, 0.5) is 0 Å². The molecular weight excluding hydrogens is 561 g/mol. The molecule has 0 radical (unpaired) electrons. The maximum atomic E-state index is 11.7. The Bertz CT molecular complexity index is 1390. The van der Waals surface area contributed by atoms with Gasteiger partial charge in [-0.1, -0.05) is 53.8 Å². The summed E-state index contributed by atoms with van der Waals surface area (Å²) in [7, 11) is 1.69. The Kier molecular flexibility index (Phi) is 12.7. The van der Waals surface area contributed by atoms with Gasteiger partial charge in [-0.05, 0) is 73.8 Å². The number of aromatic amines is 1. The van der Waals surface area contributed by atoms with Crippen molar-refractivity contribution in [1.29, 1.82) is 0 Å². The Morgan fingerprint density at radius 1 is 0.897 bits per heavy atom. The number of aromatic hydroxyl groups is 1. The van der Waals surface area contributed by atoms with E-state index in [9.17, 15) is 20.1 Å². The number of ether oxygens (including phenoxy) is 1. The Morgan fingerprint density at radius 2 is 1.56 bits per heavy atom. The van der Waals surface area contributed by atoms with Gasteiger partial charge in [0.1, 0.15) is 17.0 Å². The van der Waals surface area contributed by atoms with E-state index in [1.165, 1.54) is 23.3 Å². The zero-order valence-electron chi connectivity index (χ0n) is 21.6. The first-order valence-electron chi connectivity index (χ1n) is 12.3. The van der Waals surface area contributed by atoms with Crippen molar-refractivity contribution in [1.82, 2.24) is 15.6 Å². The third-order valence-corrected chi connectivity index (χ3v) is 7.21. The van der Waals surface area contributed by atoms with Crippen LogP contribution in [0.2, 0.25) is 0 Å².